The summed E-state index contributed by atoms with van der Waals surface area (Å²) in [5.41, 5.74) is -1.43. The number of carbonyl (C=O) groups is 2. The van der Waals surface area contributed by atoms with Gasteiger partial charge in [-0.3, -0.25) is 4.79 Å². The normalized spacial score (nSPS) is 52.9. The first-order chi connectivity index (χ1) is 35.5. The molecule has 0 spiro atoms. The predicted octanol–water partition coefficient (Wildman–Crippen LogP) is -1.30. The van der Waals surface area contributed by atoms with Crippen molar-refractivity contribution in [3.63, 3.8) is 0 Å². The smallest absolute Gasteiger partial charge is 0.335 e. The van der Waals surface area contributed by atoms with Gasteiger partial charge in [0.25, 0.3) is 0 Å². The summed E-state index contributed by atoms with van der Waals surface area (Å²) in [7, 11) is 0. The van der Waals surface area contributed by atoms with Crippen molar-refractivity contribution in [2.75, 3.05) is 19.8 Å². The minimum absolute atomic E-state index is 0.00491. The van der Waals surface area contributed by atoms with Gasteiger partial charge in [0.05, 0.1) is 31.3 Å². The van der Waals surface area contributed by atoms with Crippen molar-refractivity contribution in [1.82, 2.24) is 0 Å². The van der Waals surface area contributed by atoms with Crippen LogP contribution in [0, 0.1) is 50.2 Å². The summed E-state index contributed by atoms with van der Waals surface area (Å²) in [5, 5.41) is 138. The molecule has 13 N–H and O–H groups in total. The van der Waals surface area contributed by atoms with Gasteiger partial charge >= 0.3 is 11.9 Å². The third-order valence-electron chi connectivity index (χ3n) is 21.0. The maximum atomic E-state index is 14.8. The van der Waals surface area contributed by atoms with Crippen molar-refractivity contribution in [2.24, 2.45) is 50.2 Å². The van der Waals surface area contributed by atoms with Crippen LogP contribution in [0.2, 0.25) is 0 Å². The molecule has 0 radical (unpaired) electrons. The molecule has 0 aromatic heterocycles. The summed E-state index contributed by atoms with van der Waals surface area (Å²) in [6, 6.07) is 0. The Morgan fingerprint density at radius 3 is 1.83 bits per heavy atom. The number of hydrogen-bond donors (Lipinski definition) is 13. The number of ether oxygens (including phenoxy) is 8. The second-order valence-corrected chi connectivity index (χ2v) is 25.9. The van der Waals surface area contributed by atoms with E-state index >= 15 is 0 Å². The third kappa shape index (κ3) is 9.42. The SMILES string of the molecule is CC1(C)CC[C@]2(C(=O)O[C@@H]3O[C@H](CO)[C@@H](O)[C@H](O)[C@H]3O)CC[C@]3(C)C(=CC[C@@H]4[C@@]5(C)CC[C@H](O[C@@H]6O[C@H](C(=O)O)[C@@H](O)[C@H](O[C@@H]7O[C@H](CO)[C@H](O)[C@H](O)[C@H]7O)[C@H]6O[C@@H]6OC[C@@H](O)[C@H](O)[C@H]6O)C(C)(C)[C@@H]5CC[C@]43C)[C@@H]2C1. The van der Waals surface area contributed by atoms with Crippen molar-refractivity contribution in [2.45, 2.75) is 235 Å². The molecule has 9 aliphatic rings. The second-order valence-electron chi connectivity index (χ2n) is 25.9. The van der Waals surface area contributed by atoms with E-state index < -0.39 is 165 Å². The lowest BCUT2D eigenvalue weighted by molar-refractivity contribution is -0.391. The highest BCUT2D eigenvalue weighted by Crippen LogP contribution is 2.76. The van der Waals surface area contributed by atoms with Crippen molar-refractivity contribution in [1.29, 1.82) is 0 Å². The molecule has 27 atom stereocenters. The Kier molecular flexibility index (Phi) is 16.2. The molecule has 76 heavy (non-hydrogen) atoms. The van der Waals surface area contributed by atoms with Gasteiger partial charge in [0.15, 0.2) is 25.0 Å². The van der Waals surface area contributed by atoms with Crippen LogP contribution >= 0.6 is 0 Å². The molecule has 23 heteroatoms. The van der Waals surface area contributed by atoms with E-state index in [1.165, 1.54) is 5.57 Å². The van der Waals surface area contributed by atoms with Crippen LogP contribution in [0.3, 0.4) is 0 Å². The van der Waals surface area contributed by atoms with Crippen molar-refractivity contribution >= 4 is 11.9 Å². The van der Waals surface area contributed by atoms with Crippen LogP contribution in [0.5, 0.6) is 0 Å². The van der Waals surface area contributed by atoms with E-state index in [0.717, 1.165) is 19.3 Å². The Labute approximate surface area is 442 Å². The number of hydrogen-bond acceptors (Lipinski definition) is 22. The quantitative estimate of drug-likeness (QED) is 0.0649. The van der Waals surface area contributed by atoms with Gasteiger partial charge in [0.1, 0.15) is 85.5 Å². The van der Waals surface area contributed by atoms with Crippen molar-refractivity contribution in [3.8, 4) is 0 Å². The first-order valence-corrected chi connectivity index (χ1v) is 27.2. The molecule has 0 aromatic carbocycles. The number of fused-ring (bicyclic) bond motifs is 7. The molecular weight excluding hydrogens is 1000 g/mol. The molecule has 8 fully saturated rings. The average molecular weight is 1090 g/mol. The highest BCUT2D eigenvalue weighted by Gasteiger charge is 2.70. The number of rotatable bonds is 11. The van der Waals surface area contributed by atoms with Crippen molar-refractivity contribution in [3.05, 3.63) is 11.6 Å². The van der Waals surface area contributed by atoms with Crippen LogP contribution in [0.25, 0.3) is 0 Å². The molecule has 9 rings (SSSR count). The molecule has 4 saturated carbocycles. The van der Waals surface area contributed by atoms with E-state index in [1.54, 1.807) is 0 Å². The molecule has 5 aliphatic carbocycles. The average Bonchev–Trinajstić information content (AvgIpc) is 3.53. The summed E-state index contributed by atoms with van der Waals surface area (Å²) in [5.74, 6) is -2.22. The number of carboxylic acid groups (broad SMARTS) is 1. The zero-order chi connectivity index (χ0) is 55.6. The molecule has 4 aliphatic heterocycles. The fourth-order valence-electron chi connectivity index (χ4n) is 16.2. The van der Waals surface area contributed by atoms with E-state index in [0.29, 0.717) is 44.9 Å². The van der Waals surface area contributed by atoms with Gasteiger partial charge in [-0.2, -0.15) is 0 Å². The van der Waals surface area contributed by atoms with Crippen LogP contribution in [0.15, 0.2) is 11.6 Å². The Bertz CT molecular complexity index is 2140. The minimum Gasteiger partial charge on any atom is -0.479 e. The lowest BCUT2D eigenvalue weighted by Crippen LogP contribution is -2.68. The zero-order valence-corrected chi connectivity index (χ0v) is 44.4. The van der Waals surface area contributed by atoms with E-state index in [9.17, 15) is 76.0 Å². The Morgan fingerprint density at radius 2 is 1.20 bits per heavy atom. The maximum Gasteiger partial charge on any atom is 0.335 e. The number of carbonyl (C=O) groups excluding carboxylic acids is 1. The van der Waals surface area contributed by atoms with Crippen LogP contribution in [-0.4, -0.2) is 221 Å². The van der Waals surface area contributed by atoms with Gasteiger partial charge in [-0.1, -0.05) is 60.1 Å². The maximum absolute atomic E-state index is 14.8. The number of esters is 1. The molecule has 434 valence electrons. The number of aliphatic hydroxyl groups excluding tert-OH is 12. The molecule has 0 unspecified atom stereocenters. The van der Waals surface area contributed by atoms with E-state index in [4.69, 9.17) is 37.9 Å². The van der Waals surface area contributed by atoms with Gasteiger partial charge in [0.2, 0.25) is 6.29 Å². The van der Waals surface area contributed by atoms with Gasteiger partial charge < -0.3 is 104 Å². The third-order valence-corrected chi connectivity index (χ3v) is 21.0. The Morgan fingerprint density at radius 1 is 0.605 bits per heavy atom. The lowest BCUT2D eigenvalue weighted by atomic mass is 9.33. The van der Waals surface area contributed by atoms with Crippen molar-refractivity contribution < 1.29 is 114 Å². The fourth-order valence-corrected chi connectivity index (χ4v) is 16.2. The molecule has 0 bridgehead atoms. The number of carboxylic acids is 1. The van der Waals surface area contributed by atoms with Crippen LogP contribution in [0.4, 0.5) is 0 Å². The molecule has 4 heterocycles. The molecule has 0 aromatic rings. The fraction of sp³-hybridized carbons (Fsp3) is 0.925. The lowest BCUT2D eigenvalue weighted by Gasteiger charge is -2.71. The number of allylic oxidation sites excluding steroid dienone is 2. The summed E-state index contributed by atoms with van der Waals surface area (Å²) in [4.78, 5) is 27.6. The summed E-state index contributed by atoms with van der Waals surface area (Å²) >= 11 is 0. The predicted molar refractivity (Wildman–Crippen MR) is 257 cm³/mol. The van der Waals surface area contributed by atoms with E-state index in [1.807, 2.05) is 0 Å². The largest absolute Gasteiger partial charge is 0.479 e. The molecular formula is C53H84O23. The summed E-state index contributed by atoms with van der Waals surface area (Å²) in [6.07, 6.45) is -25.0. The van der Waals surface area contributed by atoms with Gasteiger partial charge in [-0.05, 0) is 109 Å². The highest BCUT2D eigenvalue weighted by molar-refractivity contribution is 5.79. The monoisotopic (exact) mass is 1090 g/mol. The number of aliphatic carboxylic acids is 1. The van der Waals surface area contributed by atoms with Crippen LogP contribution < -0.4 is 0 Å². The summed E-state index contributed by atoms with van der Waals surface area (Å²) in [6.45, 7) is 13.7. The first-order valence-electron chi connectivity index (χ1n) is 27.2. The Balaban J connectivity index is 0.996. The molecule has 4 saturated heterocycles. The standard InChI is InChI=1S/C53H84O23/c1-48(2)14-16-53(47(68)76-45-37(64)34(61)32(59)26(20-55)71-45)17-15-51(6)22(23(53)18-48)8-9-28-50(5)12-11-29(49(3,4)27(50)10-13-52(28,51)7)72-46-41(75-43-35(62)30(57)24(56)21-69-43)39(38(65)40(74-46)42(66)67)73-44-36(63)33(60)31(58)25(19-54)70-44/h8,23-41,43-46,54-65H,9-21H2,1-7H3,(H,66,67)/t23-,24+,25+,26+,27-,28+,29-,30-,31-,32+,33-,34-,35+,36+,37+,38-,39-,40-,41+,43-,44-,45-,46+,50-,51+,52+,53-/m0/s1. The van der Waals surface area contributed by atoms with Crippen LogP contribution in [0.1, 0.15) is 113 Å². The van der Waals surface area contributed by atoms with E-state index in [-0.39, 0.29) is 39.4 Å². The minimum atomic E-state index is -2.10. The first kappa shape index (κ1) is 58.6. The summed E-state index contributed by atoms with van der Waals surface area (Å²) < 4.78 is 48.1. The topological polar surface area (TPSA) is 371 Å². The molecule has 23 nitrogen and oxygen atoms in total. The van der Waals surface area contributed by atoms with Gasteiger partial charge in [-0.25, -0.2) is 4.79 Å². The van der Waals surface area contributed by atoms with Crippen LogP contribution in [-0.2, 0) is 47.5 Å². The number of aliphatic hydroxyl groups is 12. The highest BCUT2D eigenvalue weighted by atomic mass is 16.8. The zero-order valence-electron chi connectivity index (χ0n) is 44.4. The Hall–Kier alpha value is -2.08. The van der Waals surface area contributed by atoms with E-state index in [2.05, 4.69) is 54.5 Å². The second kappa shape index (κ2) is 21.0. The molecule has 0 amide bonds. The van der Waals surface area contributed by atoms with Gasteiger partial charge in [-0.15, -0.1) is 0 Å². The van der Waals surface area contributed by atoms with Gasteiger partial charge in [0, 0.05) is 0 Å².